The Morgan fingerprint density at radius 1 is 1.40 bits per heavy atom. The first kappa shape index (κ1) is 18.1. The Kier molecular flexibility index (Phi) is 5.88. The topological polar surface area (TPSA) is 51.7 Å². The summed E-state index contributed by atoms with van der Waals surface area (Å²) < 4.78 is 11.6. The maximum atomic E-state index is 12.6. The Bertz CT molecular complexity index is 798. The minimum Gasteiger partial charge on any atom is -0.496 e. The third-order valence-corrected chi connectivity index (χ3v) is 5.62. The number of hydrogen-bond donors (Lipinski definition) is 0. The fourth-order valence-electron chi connectivity index (χ4n) is 2.58. The second kappa shape index (κ2) is 8.12. The van der Waals surface area contributed by atoms with Crippen LogP contribution in [0.5, 0.6) is 5.75 Å². The van der Waals surface area contributed by atoms with Gasteiger partial charge in [-0.25, -0.2) is 4.98 Å². The largest absolute Gasteiger partial charge is 0.496 e. The average molecular weight is 423 g/mol. The van der Waals surface area contributed by atoms with E-state index in [4.69, 9.17) is 9.47 Å². The number of halogens is 1. The van der Waals surface area contributed by atoms with E-state index in [1.165, 1.54) is 11.3 Å². The monoisotopic (exact) mass is 422 g/mol. The Morgan fingerprint density at radius 3 is 2.88 bits per heavy atom. The number of carbonyl (C=O) groups excluding carboxylic acids is 1. The SMILES string of the molecule is COc1ccc(Br)cc1/C=C/C(=O)c1sc(N2CCOCC2)nc1C. The molecule has 7 heteroatoms. The van der Waals surface area contributed by atoms with E-state index in [-0.39, 0.29) is 5.78 Å². The molecule has 3 rings (SSSR count). The number of aryl methyl sites for hydroxylation is 1. The van der Waals surface area contributed by atoms with Gasteiger partial charge in [-0.05, 0) is 37.3 Å². The first-order valence-corrected chi connectivity index (χ1v) is 9.55. The number of aromatic nitrogens is 1. The van der Waals surface area contributed by atoms with E-state index in [0.29, 0.717) is 18.1 Å². The van der Waals surface area contributed by atoms with Crippen molar-refractivity contribution in [1.82, 2.24) is 4.98 Å². The van der Waals surface area contributed by atoms with Crippen LogP contribution in [-0.2, 0) is 4.74 Å². The van der Waals surface area contributed by atoms with Gasteiger partial charge in [0.15, 0.2) is 10.9 Å². The summed E-state index contributed by atoms with van der Waals surface area (Å²) in [5.41, 5.74) is 1.61. The molecule has 0 atom stereocenters. The lowest BCUT2D eigenvalue weighted by Gasteiger charge is -2.25. The number of hydrogen-bond acceptors (Lipinski definition) is 6. The molecule has 1 saturated heterocycles. The lowest BCUT2D eigenvalue weighted by molar-refractivity contribution is 0.105. The number of methoxy groups -OCH3 is 1. The summed E-state index contributed by atoms with van der Waals surface area (Å²) in [6, 6.07) is 5.68. The quantitative estimate of drug-likeness (QED) is 0.539. The van der Waals surface area contributed by atoms with Crippen LogP contribution in [0.25, 0.3) is 6.08 Å². The van der Waals surface area contributed by atoms with E-state index in [1.54, 1.807) is 19.3 Å². The van der Waals surface area contributed by atoms with Crippen LogP contribution in [0.3, 0.4) is 0 Å². The number of rotatable bonds is 5. The smallest absolute Gasteiger partial charge is 0.197 e. The molecule has 0 radical (unpaired) electrons. The summed E-state index contributed by atoms with van der Waals surface area (Å²) in [6.07, 6.45) is 3.35. The molecule has 2 heterocycles. The van der Waals surface area contributed by atoms with Crippen molar-refractivity contribution in [3.8, 4) is 5.75 Å². The summed E-state index contributed by atoms with van der Waals surface area (Å²) in [5.74, 6) is 0.679. The van der Waals surface area contributed by atoms with Gasteiger partial charge in [0.2, 0.25) is 0 Å². The van der Waals surface area contributed by atoms with E-state index >= 15 is 0 Å². The molecule has 5 nitrogen and oxygen atoms in total. The van der Waals surface area contributed by atoms with Crippen molar-refractivity contribution in [1.29, 1.82) is 0 Å². The minimum absolute atomic E-state index is 0.0449. The highest BCUT2D eigenvalue weighted by molar-refractivity contribution is 9.10. The van der Waals surface area contributed by atoms with Crippen LogP contribution >= 0.6 is 27.3 Å². The van der Waals surface area contributed by atoms with Crippen molar-refractivity contribution in [2.24, 2.45) is 0 Å². The fraction of sp³-hybridized carbons (Fsp3) is 0.333. The second-order valence-electron chi connectivity index (χ2n) is 5.59. The number of carbonyl (C=O) groups is 1. The number of allylic oxidation sites excluding steroid dienone is 1. The summed E-state index contributed by atoms with van der Waals surface area (Å²) in [6.45, 7) is 4.90. The van der Waals surface area contributed by atoms with Crippen LogP contribution in [0.4, 0.5) is 5.13 Å². The third-order valence-electron chi connectivity index (χ3n) is 3.90. The summed E-state index contributed by atoms with van der Waals surface area (Å²) in [4.78, 5) is 20.0. The van der Waals surface area contributed by atoms with Crippen LogP contribution in [-0.4, -0.2) is 44.2 Å². The number of anilines is 1. The van der Waals surface area contributed by atoms with Gasteiger partial charge in [0.1, 0.15) is 5.75 Å². The molecule has 1 aromatic heterocycles. The van der Waals surface area contributed by atoms with Crippen molar-refractivity contribution >= 4 is 44.3 Å². The minimum atomic E-state index is -0.0449. The predicted octanol–water partition coefficient (Wildman–Crippen LogP) is 3.96. The van der Waals surface area contributed by atoms with Gasteiger partial charge in [0.25, 0.3) is 0 Å². The molecular weight excluding hydrogens is 404 g/mol. The highest BCUT2D eigenvalue weighted by Gasteiger charge is 2.19. The zero-order valence-corrected chi connectivity index (χ0v) is 16.5. The van der Waals surface area contributed by atoms with E-state index in [1.807, 2.05) is 25.1 Å². The van der Waals surface area contributed by atoms with Gasteiger partial charge in [-0.15, -0.1) is 0 Å². The molecule has 0 amide bonds. The number of benzene rings is 1. The lowest BCUT2D eigenvalue weighted by atomic mass is 10.1. The van der Waals surface area contributed by atoms with Crippen molar-refractivity contribution in [2.75, 3.05) is 38.3 Å². The van der Waals surface area contributed by atoms with Gasteiger partial charge in [0, 0.05) is 23.1 Å². The standard InChI is InChI=1S/C18H19BrN2O3S/c1-12-17(25-18(20-12)21-7-9-24-10-8-21)15(22)5-3-13-11-14(19)4-6-16(13)23-2/h3-6,11H,7-10H2,1-2H3/b5-3+. The number of ether oxygens (including phenoxy) is 2. The van der Waals surface area contributed by atoms with Gasteiger partial charge in [-0.1, -0.05) is 27.3 Å². The number of ketones is 1. The summed E-state index contributed by atoms with van der Waals surface area (Å²) in [5, 5.41) is 0.887. The van der Waals surface area contributed by atoms with Gasteiger partial charge in [0.05, 0.1) is 30.9 Å². The molecule has 1 aromatic carbocycles. The third kappa shape index (κ3) is 4.29. The molecule has 0 saturated carbocycles. The lowest BCUT2D eigenvalue weighted by Crippen LogP contribution is -2.36. The second-order valence-corrected chi connectivity index (χ2v) is 7.49. The van der Waals surface area contributed by atoms with Crippen LogP contribution in [0.1, 0.15) is 20.9 Å². The van der Waals surface area contributed by atoms with Crippen molar-refractivity contribution in [3.63, 3.8) is 0 Å². The number of thiazole rings is 1. The highest BCUT2D eigenvalue weighted by atomic mass is 79.9. The van der Waals surface area contributed by atoms with E-state index in [2.05, 4.69) is 25.8 Å². The molecule has 2 aromatic rings. The number of nitrogens with zero attached hydrogens (tertiary/aromatic N) is 2. The van der Waals surface area contributed by atoms with E-state index in [0.717, 1.165) is 39.7 Å². The molecular formula is C18H19BrN2O3S. The van der Waals surface area contributed by atoms with Gasteiger partial charge in [-0.2, -0.15) is 0 Å². The highest BCUT2D eigenvalue weighted by Crippen LogP contribution is 2.28. The molecule has 0 unspecified atom stereocenters. The molecule has 0 aliphatic carbocycles. The fourth-order valence-corrected chi connectivity index (χ4v) is 3.99. The molecule has 0 spiro atoms. The van der Waals surface area contributed by atoms with Crippen molar-refractivity contribution in [3.05, 3.63) is 44.9 Å². The zero-order valence-electron chi connectivity index (χ0n) is 14.1. The summed E-state index contributed by atoms with van der Waals surface area (Å²) >= 11 is 4.88. The molecule has 132 valence electrons. The first-order chi connectivity index (χ1) is 12.1. The summed E-state index contributed by atoms with van der Waals surface area (Å²) in [7, 11) is 1.62. The molecule has 1 fully saturated rings. The number of morpholine rings is 1. The molecule has 0 bridgehead atoms. The molecule has 1 aliphatic heterocycles. The van der Waals surface area contributed by atoms with Crippen molar-refractivity contribution in [2.45, 2.75) is 6.92 Å². The maximum absolute atomic E-state index is 12.6. The molecule has 0 N–H and O–H groups in total. The van der Waals surface area contributed by atoms with E-state index in [9.17, 15) is 4.79 Å². The molecule has 25 heavy (non-hydrogen) atoms. The van der Waals surface area contributed by atoms with Gasteiger partial charge >= 0.3 is 0 Å². The van der Waals surface area contributed by atoms with Crippen LogP contribution in [0.15, 0.2) is 28.7 Å². The Balaban J connectivity index is 1.79. The predicted molar refractivity (Wildman–Crippen MR) is 104 cm³/mol. The zero-order chi connectivity index (χ0) is 17.8. The van der Waals surface area contributed by atoms with E-state index < -0.39 is 0 Å². The van der Waals surface area contributed by atoms with Crippen molar-refractivity contribution < 1.29 is 14.3 Å². The van der Waals surface area contributed by atoms with Crippen LogP contribution < -0.4 is 9.64 Å². The first-order valence-electron chi connectivity index (χ1n) is 7.94. The normalized spacial score (nSPS) is 14.9. The molecule has 1 aliphatic rings. The van der Waals surface area contributed by atoms with Crippen LogP contribution in [0, 0.1) is 6.92 Å². The van der Waals surface area contributed by atoms with Gasteiger partial charge < -0.3 is 14.4 Å². The Hall–Kier alpha value is -1.70. The van der Waals surface area contributed by atoms with Gasteiger partial charge in [-0.3, -0.25) is 4.79 Å². The average Bonchev–Trinajstić information content (AvgIpc) is 3.02. The maximum Gasteiger partial charge on any atom is 0.197 e. The Morgan fingerprint density at radius 2 is 2.16 bits per heavy atom. The Labute approximate surface area is 159 Å². The van der Waals surface area contributed by atoms with Crippen LogP contribution in [0.2, 0.25) is 0 Å².